The number of ether oxygens (including phenoxy) is 2. The first kappa shape index (κ1) is 20.2. The molecule has 0 radical (unpaired) electrons. The SMILES string of the molecule is COCc1c(C(=O)O[C@H](C(=O)N2CCCCC2)c2ccccc2)oc2ccccc12. The maximum absolute atomic E-state index is 13.2. The minimum absolute atomic E-state index is 0.0745. The molecule has 4 rings (SSSR count). The van der Waals surface area contributed by atoms with Crippen LogP contribution in [0, 0.1) is 0 Å². The molecule has 1 fully saturated rings. The molecule has 1 aliphatic heterocycles. The molecule has 1 aliphatic rings. The first-order valence-electron chi connectivity index (χ1n) is 10.2. The van der Waals surface area contributed by atoms with E-state index in [2.05, 4.69) is 0 Å². The smallest absolute Gasteiger partial charge is 0.375 e. The number of hydrogen-bond donors (Lipinski definition) is 0. The summed E-state index contributed by atoms with van der Waals surface area (Å²) in [5, 5.41) is 0.796. The first-order chi connectivity index (χ1) is 14.7. The quantitative estimate of drug-likeness (QED) is 0.563. The van der Waals surface area contributed by atoms with Crippen LogP contribution in [0.1, 0.15) is 47.0 Å². The number of methoxy groups -OCH3 is 1. The Bertz CT molecular complexity index is 1020. The van der Waals surface area contributed by atoms with E-state index < -0.39 is 12.1 Å². The molecule has 1 aromatic heterocycles. The summed E-state index contributed by atoms with van der Waals surface area (Å²) >= 11 is 0. The van der Waals surface area contributed by atoms with Crippen molar-refractivity contribution in [2.45, 2.75) is 32.0 Å². The van der Waals surface area contributed by atoms with Crippen LogP contribution in [-0.2, 0) is 20.9 Å². The topological polar surface area (TPSA) is 69.0 Å². The van der Waals surface area contributed by atoms with E-state index in [-0.39, 0.29) is 18.3 Å². The number of carbonyl (C=O) groups is 2. The molecule has 0 unspecified atom stereocenters. The molecule has 0 spiro atoms. The third-order valence-corrected chi connectivity index (χ3v) is 5.39. The number of likely N-dealkylation sites (tertiary alicyclic amines) is 1. The Balaban J connectivity index is 1.66. The average Bonchev–Trinajstić information content (AvgIpc) is 3.17. The standard InChI is InChI=1S/C24H25NO5/c1-28-16-19-18-12-6-7-13-20(18)29-22(19)24(27)30-21(17-10-4-2-5-11-17)23(26)25-14-8-3-9-15-25/h2,4-7,10-13,21H,3,8-9,14-16H2,1H3/t21-/m0/s1. The van der Waals surface area contributed by atoms with Crippen molar-refractivity contribution >= 4 is 22.8 Å². The van der Waals surface area contributed by atoms with E-state index in [4.69, 9.17) is 13.9 Å². The molecular formula is C24H25NO5. The van der Waals surface area contributed by atoms with Crippen molar-refractivity contribution in [2.75, 3.05) is 20.2 Å². The normalized spacial score (nSPS) is 15.2. The van der Waals surface area contributed by atoms with Gasteiger partial charge in [0.2, 0.25) is 11.9 Å². The highest BCUT2D eigenvalue weighted by Crippen LogP contribution is 2.30. The first-order valence-corrected chi connectivity index (χ1v) is 10.2. The van der Waals surface area contributed by atoms with Gasteiger partial charge in [-0.1, -0.05) is 48.5 Å². The molecular weight excluding hydrogens is 382 g/mol. The number of piperidine rings is 1. The van der Waals surface area contributed by atoms with Crippen LogP contribution in [0.4, 0.5) is 0 Å². The van der Waals surface area contributed by atoms with Crippen LogP contribution in [0.25, 0.3) is 11.0 Å². The summed E-state index contributed by atoms with van der Waals surface area (Å²) in [6.45, 7) is 1.57. The number of amides is 1. The van der Waals surface area contributed by atoms with Gasteiger partial charge in [0.25, 0.3) is 5.91 Å². The van der Waals surface area contributed by atoms with Gasteiger partial charge in [0.05, 0.1) is 6.61 Å². The summed E-state index contributed by atoms with van der Waals surface area (Å²) < 4.78 is 16.8. The number of esters is 1. The van der Waals surface area contributed by atoms with Crippen LogP contribution < -0.4 is 0 Å². The second-order valence-corrected chi connectivity index (χ2v) is 7.42. The maximum atomic E-state index is 13.2. The minimum Gasteiger partial charge on any atom is -0.449 e. The van der Waals surface area contributed by atoms with Crippen molar-refractivity contribution in [3.8, 4) is 0 Å². The number of carbonyl (C=O) groups excluding carboxylic acids is 2. The number of rotatable bonds is 6. The van der Waals surface area contributed by atoms with E-state index in [1.54, 1.807) is 30.2 Å². The summed E-state index contributed by atoms with van der Waals surface area (Å²) in [6.07, 6.45) is 2.02. The van der Waals surface area contributed by atoms with Gasteiger partial charge >= 0.3 is 5.97 Å². The molecule has 0 N–H and O–H groups in total. The van der Waals surface area contributed by atoms with Crippen molar-refractivity contribution in [3.63, 3.8) is 0 Å². The van der Waals surface area contributed by atoms with Crippen LogP contribution in [0.15, 0.2) is 59.0 Å². The molecule has 156 valence electrons. The van der Waals surface area contributed by atoms with Crippen LogP contribution in [0.3, 0.4) is 0 Å². The van der Waals surface area contributed by atoms with Crippen LogP contribution in [0.2, 0.25) is 0 Å². The van der Waals surface area contributed by atoms with Gasteiger partial charge in [-0.2, -0.15) is 0 Å². The van der Waals surface area contributed by atoms with Crippen LogP contribution in [0.5, 0.6) is 0 Å². The summed E-state index contributed by atoms with van der Waals surface area (Å²) in [5.74, 6) is -0.790. The Morgan fingerprint density at radius 2 is 1.70 bits per heavy atom. The number of para-hydroxylation sites is 1. The zero-order chi connectivity index (χ0) is 20.9. The third-order valence-electron chi connectivity index (χ3n) is 5.39. The summed E-state index contributed by atoms with van der Waals surface area (Å²) in [4.78, 5) is 28.2. The van der Waals surface area contributed by atoms with E-state index in [9.17, 15) is 9.59 Å². The van der Waals surface area contributed by atoms with Crippen molar-refractivity contribution in [3.05, 3.63) is 71.5 Å². The minimum atomic E-state index is -1.01. The lowest BCUT2D eigenvalue weighted by Gasteiger charge is -2.30. The number of hydrogen-bond acceptors (Lipinski definition) is 5. The fourth-order valence-electron chi connectivity index (χ4n) is 3.88. The lowest BCUT2D eigenvalue weighted by molar-refractivity contribution is -0.142. The van der Waals surface area contributed by atoms with Gasteiger partial charge < -0.3 is 18.8 Å². The molecule has 2 heterocycles. The van der Waals surface area contributed by atoms with E-state index in [1.165, 1.54) is 0 Å². The van der Waals surface area contributed by atoms with E-state index >= 15 is 0 Å². The monoisotopic (exact) mass is 407 g/mol. The third kappa shape index (κ3) is 4.09. The highest BCUT2D eigenvalue weighted by molar-refractivity contribution is 5.97. The van der Waals surface area contributed by atoms with Gasteiger partial charge in [-0.25, -0.2) is 4.79 Å². The van der Waals surface area contributed by atoms with Crippen LogP contribution >= 0.6 is 0 Å². The Morgan fingerprint density at radius 1 is 1.00 bits per heavy atom. The molecule has 6 heteroatoms. The molecule has 0 bridgehead atoms. The Hall–Kier alpha value is -3.12. The molecule has 0 aliphatic carbocycles. The predicted octanol–water partition coefficient (Wildman–Crippen LogP) is 4.49. The average molecular weight is 407 g/mol. The Kier molecular flexibility index (Phi) is 6.14. The van der Waals surface area contributed by atoms with Gasteiger partial charge in [-0.15, -0.1) is 0 Å². The Labute approximate surface area is 175 Å². The lowest BCUT2D eigenvalue weighted by Crippen LogP contribution is -2.40. The summed E-state index contributed by atoms with van der Waals surface area (Å²) in [6, 6.07) is 16.5. The fourth-order valence-corrected chi connectivity index (χ4v) is 3.88. The van der Waals surface area contributed by atoms with E-state index in [0.29, 0.717) is 29.8 Å². The highest BCUT2D eigenvalue weighted by atomic mass is 16.6. The number of furan rings is 1. The molecule has 3 aromatic rings. The predicted molar refractivity (Wildman–Crippen MR) is 112 cm³/mol. The van der Waals surface area contributed by atoms with Crippen molar-refractivity contribution in [1.82, 2.24) is 4.90 Å². The van der Waals surface area contributed by atoms with Crippen molar-refractivity contribution in [1.29, 1.82) is 0 Å². The molecule has 0 saturated carbocycles. The van der Waals surface area contributed by atoms with Gasteiger partial charge in [0, 0.05) is 36.7 Å². The molecule has 2 aromatic carbocycles. The van der Waals surface area contributed by atoms with Gasteiger partial charge in [0.1, 0.15) is 5.58 Å². The van der Waals surface area contributed by atoms with Gasteiger partial charge in [-0.05, 0) is 25.3 Å². The second-order valence-electron chi connectivity index (χ2n) is 7.42. The summed E-state index contributed by atoms with van der Waals surface area (Å²) in [5.41, 5.74) is 1.84. The number of nitrogens with zero attached hydrogens (tertiary/aromatic N) is 1. The fraction of sp³-hybridized carbons (Fsp3) is 0.333. The van der Waals surface area contributed by atoms with Crippen molar-refractivity contribution < 1.29 is 23.5 Å². The molecule has 1 saturated heterocycles. The molecule has 1 atom stereocenters. The largest absolute Gasteiger partial charge is 0.449 e. The number of fused-ring (bicyclic) bond motifs is 1. The highest BCUT2D eigenvalue weighted by Gasteiger charge is 2.32. The molecule has 1 amide bonds. The summed E-state index contributed by atoms with van der Waals surface area (Å²) in [7, 11) is 1.56. The zero-order valence-corrected chi connectivity index (χ0v) is 17.0. The van der Waals surface area contributed by atoms with Crippen LogP contribution in [-0.4, -0.2) is 37.0 Å². The Morgan fingerprint density at radius 3 is 2.43 bits per heavy atom. The van der Waals surface area contributed by atoms with Gasteiger partial charge in [0.15, 0.2) is 0 Å². The van der Waals surface area contributed by atoms with Gasteiger partial charge in [-0.3, -0.25) is 4.79 Å². The zero-order valence-electron chi connectivity index (χ0n) is 17.0. The van der Waals surface area contributed by atoms with Crippen molar-refractivity contribution in [2.24, 2.45) is 0 Å². The second kappa shape index (κ2) is 9.13. The van der Waals surface area contributed by atoms with E-state index in [0.717, 1.165) is 24.6 Å². The van der Waals surface area contributed by atoms with E-state index in [1.807, 2.05) is 36.4 Å². The molecule has 30 heavy (non-hydrogen) atoms. The number of benzene rings is 2. The lowest BCUT2D eigenvalue weighted by atomic mass is 10.1. The molecule has 6 nitrogen and oxygen atoms in total. The maximum Gasteiger partial charge on any atom is 0.375 e.